The van der Waals surface area contributed by atoms with E-state index in [1.807, 2.05) is 0 Å². The Bertz CT molecular complexity index is 175. The summed E-state index contributed by atoms with van der Waals surface area (Å²) in [5, 5.41) is 8.18. The monoisotopic (exact) mass is 237 g/mol. The van der Waals surface area contributed by atoms with E-state index in [0.717, 1.165) is 0 Å². The molecular weight excluding hydrogens is 229 g/mol. The summed E-state index contributed by atoms with van der Waals surface area (Å²) in [6, 6.07) is 0. The molecule has 4 nitrogen and oxygen atoms in total. The van der Waals surface area contributed by atoms with Gasteiger partial charge in [-0.15, -0.1) is 0 Å². The van der Waals surface area contributed by atoms with Crippen LogP contribution in [0.3, 0.4) is 0 Å². The topological polar surface area (TPSA) is 63.6 Å². The Morgan fingerprint density at radius 3 is 2.27 bits per heavy atom. The molecule has 1 radical (unpaired) electrons. The third-order valence-corrected chi connectivity index (χ3v) is 0.780. The zero-order valence-electron chi connectivity index (χ0n) is 6.03. The molecule has 5 heteroatoms. The molecule has 0 unspecified atom stereocenters. The largest absolute Gasteiger partial charge is 0.477 e. The van der Waals surface area contributed by atoms with Crippen LogP contribution in [0, 0.1) is 0 Å². The molecular formula is C6H8NbO4. The van der Waals surface area contributed by atoms with Crippen LogP contribution in [0.25, 0.3) is 0 Å². The molecule has 0 fully saturated rings. The van der Waals surface area contributed by atoms with E-state index in [4.69, 9.17) is 5.11 Å². The van der Waals surface area contributed by atoms with Gasteiger partial charge in [0.25, 0.3) is 0 Å². The van der Waals surface area contributed by atoms with Crippen LogP contribution in [-0.4, -0.2) is 23.7 Å². The van der Waals surface area contributed by atoms with Crippen LogP contribution in [0.4, 0.5) is 0 Å². The van der Waals surface area contributed by atoms with Gasteiger partial charge in [0.05, 0.1) is 6.61 Å². The average molecular weight is 237 g/mol. The zero-order valence-corrected chi connectivity index (χ0v) is 8.23. The molecule has 0 aliphatic heterocycles. The van der Waals surface area contributed by atoms with Crippen molar-refractivity contribution in [3.05, 3.63) is 12.2 Å². The molecule has 0 aromatic heterocycles. The predicted octanol–water partition coefficient (Wildman–Crippen LogP) is 0.188. The van der Waals surface area contributed by atoms with Crippen molar-refractivity contribution in [3.8, 4) is 0 Å². The summed E-state index contributed by atoms with van der Waals surface area (Å²) >= 11 is 0. The Balaban J connectivity index is 0. The molecule has 0 aromatic rings. The van der Waals surface area contributed by atoms with Crippen LogP contribution in [0.1, 0.15) is 6.92 Å². The third kappa shape index (κ3) is 4.78. The summed E-state index contributed by atoms with van der Waals surface area (Å²) in [5.41, 5.74) is -0.540. The zero-order chi connectivity index (χ0) is 8.15. The first kappa shape index (κ1) is 13.0. The van der Waals surface area contributed by atoms with E-state index in [9.17, 15) is 9.59 Å². The Hall–Kier alpha value is -0.580. The summed E-state index contributed by atoms with van der Waals surface area (Å²) in [4.78, 5) is 20.5. The Kier molecular flexibility index (Phi) is 7.29. The maximum Gasteiger partial charge on any atom is 0.344 e. The maximum absolute atomic E-state index is 10.5. The summed E-state index contributed by atoms with van der Waals surface area (Å²) < 4.78 is 4.35. The molecule has 0 amide bonds. The van der Waals surface area contributed by atoms with E-state index in [-0.39, 0.29) is 29.0 Å². The number of hydrogen-bond acceptors (Lipinski definition) is 3. The van der Waals surface area contributed by atoms with Crippen LogP contribution in [0.2, 0.25) is 0 Å². The molecule has 0 saturated carbocycles. The minimum Gasteiger partial charge on any atom is -0.477 e. The third-order valence-electron chi connectivity index (χ3n) is 0.780. The molecule has 0 spiro atoms. The predicted molar refractivity (Wildman–Crippen MR) is 33.4 cm³/mol. The number of ether oxygens (including phenoxy) is 1. The van der Waals surface area contributed by atoms with Gasteiger partial charge < -0.3 is 9.84 Å². The van der Waals surface area contributed by atoms with Gasteiger partial charge in [0.2, 0.25) is 0 Å². The number of hydrogen-bond donors (Lipinski definition) is 1. The second kappa shape index (κ2) is 6.15. The number of esters is 1. The molecule has 0 heterocycles. The van der Waals surface area contributed by atoms with Gasteiger partial charge in [0.1, 0.15) is 5.57 Å². The number of carboxylic acids is 1. The molecule has 1 N–H and O–H groups in total. The number of aliphatic carboxylic acids is 1. The average Bonchev–Trinajstić information content (AvgIpc) is 1.87. The van der Waals surface area contributed by atoms with Gasteiger partial charge in [-0.25, -0.2) is 9.59 Å². The summed E-state index contributed by atoms with van der Waals surface area (Å²) in [7, 11) is 0. The first-order chi connectivity index (χ1) is 4.59. The van der Waals surface area contributed by atoms with Gasteiger partial charge in [-0.3, -0.25) is 0 Å². The van der Waals surface area contributed by atoms with Crippen molar-refractivity contribution in [2.75, 3.05) is 6.61 Å². The van der Waals surface area contributed by atoms with E-state index in [1.54, 1.807) is 6.92 Å². The summed E-state index contributed by atoms with van der Waals surface area (Å²) in [6.07, 6.45) is 0. The molecule has 61 valence electrons. The first-order valence-electron chi connectivity index (χ1n) is 2.69. The van der Waals surface area contributed by atoms with E-state index >= 15 is 0 Å². The Labute approximate surface area is 79.7 Å². The van der Waals surface area contributed by atoms with Crippen LogP contribution in [-0.2, 0) is 36.7 Å². The van der Waals surface area contributed by atoms with Gasteiger partial charge >= 0.3 is 11.9 Å². The smallest absolute Gasteiger partial charge is 0.344 e. The molecule has 0 aliphatic carbocycles. The van der Waals surface area contributed by atoms with Crippen molar-refractivity contribution in [2.45, 2.75) is 6.92 Å². The van der Waals surface area contributed by atoms with Crippen LogP contribution >= 0.6 is 0 Å². The molecule has 0 saturated heterocycles. The van der Waals surface area contributed by atoms with Crippen molar-refractivity contribution in [1.29, 1.82) is 0 Å². The van der Waals surface area contributed by atoms with Crippen molar-refractivity contribution in [1.82, 2.24) is 0 Å². The van der Waals surface area contributed by atoms with Crippen molar-refractivity contribution < 1.29 is 41.8 Å². The molecule has 0 atom stereocenters. The number of rotatable bonds is 3. The van der Waals surface area contributed by atoms with Crippen LogP contribution in [0.15, 0.2) is 12.2 Å². The van der Waals surface area contributed by atoms with Gasteiger partial charge in [0.15, 0.2) is 0 Å². The number of carbonyl (C=O) groups is 2. The Morgan fingerprint density at radius 1 is 1.55 bits per heavy atom. The minimum absolute atomic E-state index is 0. The molecule has 0 aliphatic rings. The van der Waals surface area contributed by atoms with Gasteiger partial charge in [-0.2, -0.15) is 0 Å². The molecule has 0 rings (SSSR count). The fourth-order valence-corrected chi connectivity index (χ4v) is 0.306. The van der Waals surface area contributed by atoms with Crippen LogP contribution < -0.4 is 0 Å². The summed E-state index contributed by atoms with van der Waals surface area (Å²) in [6.45, 7) is 4.75. The van der Waals surface area contributed by atoms with E-state index in [0.29, 0.717) is 0 Å². The number of carbonyl (C=O) groups excluding carboxylic acids is 1. The fourth-order valence-electron chi connectivity index (χ4n) is 0.306. The van der Waals surface area contributed by atoms with Gasteiger partial charge in [0, 0.05) is 22.4 Å². The quantitative estimate of drug-likeness (QED) is 0.250. The second-order valence-corrected chi connectivity index (χ2v) is 1.50. The van der Waals surface area contributed by atoms with Crippen molar-refractivity contribution in [3.63, 3.8) is 0 Å². The molecule has 11 heavy (non-hydrogen) atoms. The van der Waals surface area contributed by atoms with E-state index in [1.165, 1.54) is 0 Å². The van der Waals surface area contributed by atoms with E-state index in [2.05, 4.69) is 11.3 Å². The first-order valence-corrected chi connectivity index (χ1v) is 2.69. The number of carboxylic acid groups (broad SMARTS) is 1. The summed E-state index contributed by atoms with van der Waals surface area (Å²) in [5.74, 6) is -2.23. The van der Waals surface area contributed by atoms with Crippen LogP contribution in [0.5, 0.6) is 0 Å². The molecule has 0 aromatic carbocycles. The van der Waals surface area contributed by atoms with Crippen molar-refractivity contribution >= 4 is 11.9 Å². The standard InChI is InChI=1S/C6H8O4.Nb/c1-3-10-6(9)4(2)5(7)8;/h2-3H2,1H3,(H,7,8);. The minimum atomic E-state index is -1.35. The van der Waals surface area contributed by atoms with Gasteiger partial charge in [-0.05, 0) is 6.92 Å². The maximum atomic E-state index is 10.5. The Morgan fingerprint density at radius 2 is 2.00 bits per heavy atom. The normalized spacial score (nSPS) is 7.73. The fraction of sp³-hybridized carbons (Fsp3) is 0.333. The second-order valence-electron chi connectivity index (χ2n) is 1.50. The molecule has 0 bridgehead atoms. The van der Waals surface area contributed by atoms with E-state index < -0.39 is 17.5 Å². The SMILES string of the molecule is C=C(C(=O)O)C(=O)OCC.[Nb]. The van der Waals surface area contributed by atoms with Crippen molar-refractivity contribution in [2.24, 2.45) is 0 Å². The van der Waals surface area contributed by atoms with Gasteiger partial charge in [-0.1, -0.05) is 6.58 Å².